The van der Waals surface area contributed by atoms with Gasteiger partial charge in [0.2, 0.25) is 6.79 Å². The predicted molar refractivity (Wildman–Crippen MR) is 101 cm³/mol. The maximum atomic E-state index is 11.9. The van der Waals surface area contributed by atoms with Gasteiger partial charge in [-0.05, 0) is 62.4 Å². The van der Waals surface area contributed by atoms with Crippen LogP contribution in [0.5, 0.6) is 11.5 Å². The standard InChI is InChI=1S/C20H23ClN2O3/c21-17-10-16(20(24)22-11-17)12-23-8-6-14(7-9-23)4-5-15-2-1-3-18-19(15)26-13-25-18/h1-3,10-11,14H,4-9,12-13H2,(H,22,24). The smallest absolute Gasteiger partial charge is 0.252 e. The monoisotopic (exact) mass is 374 g/mol. The molecule has 2 aromatic rings. The Balaban J connectivity index is 1.28. The number of hydrogen-bond donors (Lipinski definition) is 1. The summed E-state index contributed by atoms with van der Waals surface area (Å²) in [4.78, 5) is 16.9. The fourth-order valence-corrected chi connectivity index (χ4v) is 4.03. The molecule has 6 heteroatoms. The molecule has 0 aliphatic carbocycles. The Hall–Kier alpha value is -1.98. The lowest BCUT2D eigenvalue weighted by molar-refractivity contribution is 0.169. The van der Waals surface area contributed by atoms with Crippen molar-refractivity contribution in [2.75, 3.05) is 19.9 Å². The van der Waals surface area contributed by atoms with Crippen molar-refractivity contribution in [2.24, 2.45) is 5.92 Å². The molecule has 0 radical (unpaired) electrons. The SMILES string of the molecule is O=c1[nH]cc(Cl)cc1CN1CCC(CCc2cccc3c2OCO3)CC1. The number of rotatable bonds is 5. The van der Waals surface area contributed by atoms with Gasteiger partial charge in [-0.25, -0.2) is 0 Å². The Bertz CT molecular complexity index is 828. The van der Waals surface area contributed by atoms with E-state index in [0.717, 1.165) is 55.8 Å². The number of aromatic amines is 1. The number of hydrogen-bond acceptors (Lipinski definition) is 4. The van der Waals surface area contributed by atoms with Gasteiger partial charge in [0, 0.05) is 18.3 Å². The van der Waals surface area contributed by atoms with E-state index in [4.69, 9.17) is 21.1 Å². The van der Waals surface area contributed by atoms with Crippen molar-refractivity contribution in [3.05, 3.63) is 57.0 Å². The minimum Gasteiger partial charge on any atom is -0.454 e. The van der Waals surface area contributed by atoms with Gasteiger partial charge in [0.15, 0.2) is 11.5 Å². The largest absolute Gasteiger partial charge is 0.454 e. The molecule has 4 rings (SSSR count). The molecule has 26 heavy (non-hydrogen) atoms. The quantitative estimate of drug-likeness (QED) is 0.868. The second kappa shape index (κ2) is 7.72. The molecule has 138 valence electrons. The number of para-hydroxylation sites is 1. The van der Waals surface area contributed by atoms with Crippen molar-refractivity contribution in [1.82, 2.24) is 9.88 Å². The summed E-state index contributed by atoms with van der Waals surface area (Å²) in [7, 11) is 0. The zero-order valence-electron chi connectivity index (χ0n) is 14.7. The molecule has 3 heterocycles. The lowest BCUT2D eigenvalue weighted by atomic mass is 9.90. The van der Waals surface area contributed by atoms with Gasteiger partial charge in [-0.3, -0.25) is 9.69 Å². The predicted octanol–water partition coefficient (Wildman–Crippen LogP) is 3.60. The number of aromatic nitrogens is 1. The molecule has 1 fully saturated rings. The molecule has 2 aliphatic rings. The van der Waals surface area contributed by atoms with Crippen molar-refractivity contribution >= 4 is 11.6 Å². The highest BCUT2D eigenvalue weighted by Crippen LogP contribution is 2.36. The number of H-pyrrole nitrogens is 1. The molecule has 0 saturated carbocycles. The minimum atomic E-state index is -0.0447. The van der Waals surface area contributed by atoms with Crippen LogP contribution in [0.1, 0.15) is 30.4 Å². The van der Waals surface area contributed by atoms with Crippen LogP contribution in [0.15, 0.2) is 35.3 Å². The second-order valence-electron chi connectivity index (χ2n) is 7.08. The first kappa shape index (κ1) is 17.4. The molecule has 0 unspecified atom stereocenters. The number of ether oxygens (including phenoxy) is 2. The average molecular weight is 375 g/mol. The topological polar surface area (TPSA) is 54.6 Å². The van der Waals surface area contributed by atoms with E-state index in [9.17, 15) is 4.79 Å². The first-order chi connectivity index (χ1) is 12.7. The van der Waals surface area contributed by atoms with Gasteiger partial charge >= 0.3 is 0 Å². The van der Waals surface area contributed by atoms with Crippen LogP contribution in [-0.2, 0) is 13.0 Å². The third-order valence-electron chi connectivity index (χ3n) is 5.35. The maximum Gasteiger partial charge on any atom is 0.252 e. The van der Waals surface area contributed by atoms with E-state index >= 15 is 0 Å². The molecule has 0 bridgehead atoms. The molecule has 1 saturated heterocycles. The molecule has 1 N–H and O–H groups in total. The fourth-order valence-electron chi connectivity index (χ4n) is 3.84. The molecule has 0 atom stereocenters. The van der Waals surface area contributed by atoms with E-state index in [1.165, 1.54) is 11.8 Å². The zero-order valence-corrected chi connectivity index (χ0v) is 15.4. The number of nitrogens with one attached hydrogen (secondary N) is 1. The maximum absolute atomic E-state index is 11.9. The summed E-state index contributed by atoms with van der Waals surface area (Å²) in [6.07, 6.45) is 6.03. The van der Waals surface area contributed by atoms with Crippen LogP contribution in [0.2, 0.25) is 5.02 Å². The molecular weight excluding hydrogens is 352 g/mol. The summed E-state index contributed by atoms with van der Waals surface area (Å²) in [5.74, 6) is 2.50. The van der Waals surface area contributed by atoms with Gasteiger partial charge < -0.3 is 14.5 Å². The van der Waals surface area contributed by atoms with Crippen molar-refractivity contribution in [3.8, 4) is 11.5 Å². The van der Waals surface area contributed by atoms with E-state index in [1.807, 2.05) is 12.1 Å². The minimum absolute atomic E-state index is 0.0447. The Labute approximate surface area is 157 Å². The number of benzene rings is 1. The van der Waals surface area contributed by atoms with Crippen LogP contribution in [0.25, 0.3) is 0 Å². The molecule has 1 aromatic heterocycles. The van der Waals surface area contributed by atoms with E-state index < -0.39 is 0 Å². The highest BCUT2D eigenvalue weighted by molar-refractivity contribution is 6.30. The Morgan fingerprint density at radius 3 is 2.88 bits per heavy atom. The number of aryl methyl sites for hydroxylation is 1. The number of halogens is 1. The molecule has 2 aliphatic heterocycles. The van der Waals surface area contributed by atoms with Gasteiger partial charge in [0.1, 0.15) is 0 Å². The van der Waals surface area contributed by atoms with E-state index in [0.29, 0.717) is 24.3 Å². The summed E-state index contributed by atoms with van der Waals surface area (Å²) in [6, 6.07) is 7.90. The number of fused-ring (bicyclic) bond motifs is 1. The van der Waals surface area contributed by atoms with E-state index in [1.54, 1.807) is 6.07 Å². The first-order valence-corrected chi connectivity index (χ1v) is 9.54. The zero-order chi connectivity index (χ0) is 17.9. The van der Waals surface area contributed by atoms with Crippen LogP contribution in [0, 0.1) is 5.92 Å². The summed E-state index contributed by atoms with van der Waals surface area (Å²) in [5, 5.41) is 0.580. The van der Waals surface area contributed by atoms with Crippen molar-refractivity contribution < 1.29 is 9.47 Å². The molecule has 0 spiro atoms. The molecule has 0 amide bonds. The molecule has 5 nitrogen and oxygen atoms in total. The van der Waals surface area contributed by atoms with E-state index in [-0.39, 0.29) is 5.56 Å². The Morgan fingerprint density at radius 2 is 2.04 bits per heavy atom. The van der Waals surface area contributed by atoms with Gasteiger partial charge in [0.05, 0.1) is 5.02 Å². The molecule has 1 aromatic carbocycles. The van der Waals surface area contributed by atoms with Gasteiger partial charge in [0.25, 0.3) is 5.56 Å². The fraction of sp³-hybridized carbons (Fsp3) is 0.450. The number of likely N-dealkylation sites (tertiary alicyclic amines) is 1. The van der Waals surface area contributed by atoms with E-state index in [2.05, 4.69) is 16.0 Å². The van der Waals surface area contributed by atoms with Crippen LogP contribution in [0.4, 0.5) is 0 Å². The summed E-state index contributed by atoms with van der Waals surface area (Å²) >= 11 is 5.99. The highest BCUT2D eigenvalue weighted by atomic mass is 35.5. The van der Waals surface area contributed by atoms with Crippen LogP contribution in [0.3, 0.4) is 0 Å². The van der Waals surface area contributed by atoms with Gasteiger partial charge in [-0.1, -0.05) is 23.7 Å². The van der Waals surface area contributed by atoms with Gasteiger partial charge in [-0.15, -0.1) is 0 Å². The molecular formula is C20H23ClN2O3. The van der Waals surface area contributed by atoms with Crippen LogP contribution in [-0.4, -0.2) is 29.8 Å². The second-order valence-corrected chi connectivity index (χ2v) is 7.52. The third kappa shape index (κ3) is 3.89. The number of nitrogens with zero attached hydrogens (tertiary/aromatic N) is 1. The third-order valence-corrected chi connectivity index (χ3v) is 5.56. The van der Waals surface area contributed by atoms with Crippen molar-refractivity contribution in [3.63, 3.8) is 0 Å². The summed E-state index contributed by atoms with van der Waals surface area (Å²) in [5.41, 5.74) is 1.94. The first-order valence-electron chi connectivity index (χ1n) is 9.16. The highest BCUT2D eigenvalue weighted by Gasteiger charge is 2.22. The number of piperidine rings is 1. The average Bonchev–Trinajstić information content (AvgIpc) is 3.13. The number of pyridine rings is 1. The van der Waals surface area contributed by atoms with Crippen LogP contribution >= 0.6 is 11.6 Å². The van der Waals surface area contributed by atoms with Crippen molar-refractivity contribution in [1.29, 1.82) is 0 Å². The Kier molecular flexibility index (Phi) is 5.18. The Morgan fingerprint density at radius 1 is 1.19 bits per heavy atom. The summed E-state index contributed by atoms with van der Waals surface area (Å²) < 4.78 is 11.1. The van der Waals surface area contributed by atoms with Crippen molar-refractivity contribution in [2.45, 2.75) is 32.2 Å². The summed E-state index contributed by atoms with van der Waals surface area (Å²) in [6.45, 7) is 3.03. The lowest BCUT2D eigenvalue weighted by Gasteiger charge is -2.31. The van der Waals surface area contributed by atoms with Crippen LogP contribution < -0.4 is 15.0 Å². The van der Waals surface area contributed by atoms with Gasteiger partial charge in [-0.2, -0.15) is 0 Å². The lowest BCUT2D eigenvalue weighted by Crippen LogP contribution is -2.35. The normalized spacial score (nSPS) is 17.6.